The molecule has 3 aromatic rings. The average Bonchev–Trinajstić information content (AvgIpc) is 2.77. The second-order valence-electron chi connectivity index (χ2n) is 7.72. The molecule has 0 aromatic heterocycles. The lowest BCUT2D eigenvalue weighted by Gasteiger charge is -2.09. The molecule has 2 heteroatoms. The summed E-state index contributed by atoms with van der Waals surface area (Å²) >= 11 is 0. The van der Waals surface area contributed by atoms with Crippen LogP contribution < -0.4 is 0 Å². The van der Waals surface area contributed by atoms with Gasteiger partial charge in [-0.3, -0.25) is 0 Å². The number of aryl methyl sites for hydroxylation is 4. The molecular weight excluding hydrogens is 362 g/mol. The predicted octanol–water partition coefficient (Wildman–Crippen LogP) is 7.71. The van der Waals surface area contributed by atoms with Crippen LogP contribution in [0.5, 0.6) is 0 Å². The standard InChI is InChI=1S/C27H30F2/c1-3-5-6-7-24-18-19-25(27(29)26(24)28)17-12-21-10-15-23(16-11-21)22-13-8-20(4-2)9-14-22/h8-11,13-16,18-19H,3-7,12,17H2,1-2H3. The third kappa shape index (κ3) is 5.53. The van der Waals surface area contributed by atoms with Crippen LogP contribution in [0.3, 0.4) is 0 Å². The Balaban J connectivity index is 1.63. The quantitative estimate of drug-likeness (QED) is 0.327. The Morgan fingerprint density at radius 1 is 0.552 bits per heavy atom. The molecule has 0 aliphatic rings. The summed E-state index contributed by atoms with van der Waals surface area (Å²) < 4.78 is 28.8. The van der Waals surface area contributed by atoms with Gasteiger partial charge in [0.1, 0.15) is 0 Å². The predicted molar refractivity (Wildman–Crippen MR) is 118 cm³/mol. The zero-order valence-electron chi connectivity index (χ0n) is 17.5. The van der Waals surface area contributed by atoms with Gasteiger partial charge in [-0.2, -0.15) is 0 Å². The number of unbranched alkanes of at least 4 members (excludes halogenated alkanes) is 2. The molecule has 29 heavy (non-hydrogen) atoms. The number of rotatable bonds is 9. The van der Waals surface area contributed by atoms with Gasteiger partial charge in [0.2, 0.25) is 0 Å². The molecule has 0 atom stereocenters. The third-order valence-corrected chi connectivity index (χ3v) is 5.62. The minimum atomic E-state index is -0.674. The van der Waals surface area contributed by atoms with E-state index in [9.17, 15) is 8.78 Å². The summed E-state index contributed by atoms with van der Waals surface area (Å²) in [7, 11) is 0. The highest BCUT2D eigenvalue weighted by Crippen LogP contribution is 2.23. The van der Waals surface area contributed by atoms with Crippen molar-refractivity contribution in [1.82, 2.24) is 0 Å². The molecule has 0 aliphatic carbocycles. The summed E-state index contributed by atoms with van der Waals surface area (Å²) in [5.41, 5.74) is 5.78. The number of hydrogen-bond acceptors (Lipinski definition) is 0. The van der Waals surface area contributed by atoms with Crippen molar-refractivity contribution in [1.29, 1.82) is 0 Å². The highest BCUT2D eigenvalue weighted by Gasteiger charge is 2.13. The molecule has 0 bridgehead atoms. The first-order valence-corrected chi connectivity index (χ1v) is 10.8. The van der Waals surface area contributed by atoms with E-state index in [1.54, 1.807) is 12.1 Å². The Morgan fingerprint density at radius 2 is 1.07 bits per heavy atom. The molecule has 0 saturated heterocycles. The molecular formula is C27H30F2. The fourth-order valence-electron chi connectivity index (χ4n) is 3.66. The van der Waals surface area contributed by atoms with Gasteiger partial charge in [0.15, 0.2) is 11.6 Å². The van der Waals surface area contributed by atoms with Crippen LogP contribution in [0.25, 0.3) is 11.1 Å². The zero-order chi connectivity index (χ0) is 20.6. The molecule has 3 rings (SSSR count). The van der Waals surface area contributed by atoms with Crippen LogP contribution in [0.4, 0.5) is 8.78 Å². The molecule has 0 saturated carbocycles. The smallest absolute Gasteiger partial charge is 0.162 e. The molecule has 0 fully saturated rings. The van der Waals surface area contributed by atoms with Gasteiger partial charge < -0.3 is 0 Å². The van der Waals surface area contributed by atoms with Gasteiger partial charge in [-0.15, -0.1) is 0 Å². The van der Waals surface area contributed by atoms with Crippen LogP contribution in [0.2, 0.25) is 0 Å². The van der Waals surface area contributed by atoms with Crippen molar-refractivity contribution in [3.63, 3.8) is 0 Å². The van der Waals surface area contributed by atoms with Gasteiger partial charge in [0, 0.05) is 0 Å². The first-order chi connectivity index (χ1) is 14.1. The van der Waals surface area contributed by atoms with Crippen molar-refractivity contribution in [3.05, 3.63) is 94.6 Å². The normalized spacial score (nSPS) is 11.0. The Kier molecular flexibility index (Phi) is 7.57. The van der Waals surface area contributed by atoms with Crippen molar-refractivity contribution in [2.75, 3.05) is 0 Å². The maximum Gasteiger partial charge on any atom is 0.162 e. The SMILES string of the molecule is CCCCCc1ccc(CCc2ccc(-c3ccc(CC)cc3)cc2)c(F)c1F. The summed E-state index contributed by atoms with van der Waals surface area (Å²) in [6.45, 7) is 4.26. The monoisotopic (exact) mass is 392 g/mol. The molecule has 3 aromatic carbocycles. The second kappa shape index (κ2) is 10.3. The number of benzene rings is 3. The van der Waals surface area contributed by atoms with E-state index in [2.05, 4.69) is 62.4 Å². The van der Waals surface area contributed by atoms with E-state index >= 15 is 0 Å². The van der Waals surface area contributed by atoms with Gasteiger partial charge in [-0.25, -0.2) is 8.78 Å². The molecule has 0 radical (unpaired) electrons. The minimum absolute atomic E-state index is 0.459. The lowest BCUT2D eigenvalue weighted by atomic mass is 9.98. The summed E-state index contributed by atoms with van der Waals surface area (Å²) in [5.74, 6) is -1.34. The van der Waals surface area contributed by atoms with Crippen LogP contribution in [-0.2, 0) is 25.7 Å². The van der Waals surface area contributed by atoms with Gasteiger partial charge in [-0.1, -0.05) is 87.4 Å². The van der Waals surface area contributed by atoms with E-state index in [1.165, 1.54) is 16.7 Å². The Morgan fingerprint density at radius 3 is 1.59 bits per heavy atom. The van der Waals surface area contributed by atoms with E-state index in [0.29, 0.717) is 30.4 Å². The molecule has 0 spiro atoms. The maximum atomic E-state index is 14.4. The van der Waals surface area contributed by atoms with Crippen molar-refractivity contribution < 1.29 is 8.78 Å². The van der Waals surface area contributed by atoms with Crippen molar-refractivity contribution in [3.8, 4) is 11.1 Å². The van der Waals surface area contributed by atoms with E-state index in [4.69, 9.17) is 0 Å². The van der Waals surface area contributed by atoms with Crippen LogP contribution in [-0.4, -0.2) is 0 Å². The average molecular weight is 393 g/mol. The van der Waals surface area contributed by atoms with Crippen molar-refractivity contribution >= 4 is 0 Å². The highest BCUT2D eigenvalue weighted by molar-refractivity contribution is 5.64. The number of hydrogen-bond donors (Lipinski definition) is 0. The van der Waals surface area contributed by atoms with E-state index in [-0.39, 0.29) is 0 Å². The highest BCUT2D eigenvalue weighted by atomic mass is 19.2. The van der Waals surface area contributed by atoms with Crippen molar-refractivity contribution in [2.24, 2.45) is 0 Å². The van der Waals surface area contributed by atoms with E-state index in [0.717, 1.165) is 31.2 Å². The Labute approximate surface area is 173 Å². The van der Waals surface area contributed by atoms with Crippen molar-refractivity contribution in [2.45, 2.75) is 58.8 Å². The Hall–Kier alpha value is -2.48. The van der Waals surface area contributed by atoms with E-state index < -0.39 is 11.6 Å². The molecule has 0 N–H and O–H groups in total. The first-order valence-electron chi connectivity index (χ1n) is 10.8. The molecule has 0 heterocycles. The summed E-state index contributed by atoms with van der Waals surface area (Å²) in [5, 5.41) is 0. The lowest BCUT2D eigenvalue weighted by molar-refractivity contribution is 0.487. The third-order valence-electron chi connectivity index (χ3n) is 5.62. The summed E-state index contributed by atoms with van der Waals surface area (Å²) in [6, 6.07) is 20.5. The van der Waals surface area contributed by atoms with E-state index in [1.807, 2.05) is 0 Å². The van der Waals surface area contributed by atoms with Crippen LogP contribution >= 0.6 is 0 Å². The van der Waals surface area contributed by atoms with Gasteiger partial charge in [-0.05, 0) is 65.5 Å². The fraction of sp³-hybridized carbons (Fsp3) is 0.333. The van der Waals surface area contributed by atoms with Gasteiger partial charge in [0.05, 0.1) is 0 Å². The summed E-state index contributed by atoms with van der Waals surface area (Å²) in [4.78, 5) is 0. The molecule has 0 amide bonds. The fourth-order valence-corrected chi connectivity index (χ4v) is 3.66. The summed E-state index contributed by atoms with van der Waals surface area (Å²) in [6.07, 6.45) is 5.86. The van der Waals surface area contributed by atoms with Gasteiger partial charge in [0.25, 0.3) is 0 Å². The van der Waals surface area contributed by atoms with Crippen LogP contribution in [0, 0.1) is 11.6 Å². The molecule has 0 unspecified atom stereocenters. The Bertz CT molecular complexity index is 909. The zero-order valence-corrected chi connectivity index (χ0v) is 17.5. The van der Waals surface area contributed by atoms with Crippen LogP contribution in [0.15, 0.2) is 60.7 Å². The topological polar surface area (TPSA) is 0 Å². The van der Waals surface area contributed by atoms with Gasteiger partial charge >= 0.3 is 0 Å². The number of halogens is 2. The lowest BCUT2D eigenvalue weighted by Crippen LogP contribution is -2.02. The van der Waals surface area contributed by atoms with Crippen LogP contribution in [0.1, 0.15) is 55.4 Å². The first kappa shape index (κ1) is 21.2. The maximum absolute atomic E-state index is 14.4. The molecule has 0 aliphatic heterocycles. The molecule has 0 nitrogen and oxygen atoms in total. The molecule has 152 valence electrons. The second-order valence-corrected chi connectivity index (χ2v) is 7.72. The minimum Gasteiger partial charge on any atom is -0.203 e. The largest absolute Gasteiger partial charge is 0.203 e.